The molecule has 1 aliphatic carbocycles. The third kappa shape index (κ3) is 7.88. The molecular weight excluding hydrogens is 473 g/mol. The van der Waals surface area contributed by atoms with Gasteiger partial charge >= 0.3 is 0 Å². The fourth-order valence-electron chi connectivity index (χ4n) is 3.45. The Balaban J connectivity index is 1.68. The molecule has 0 unspecified atom stereocenters. The van der Waals surface area contributed by atoms with Crippen LogP contribution in [0.3, 0.4) is 0 Å². The van der Waals surface area contributed by atoms with E-state index in [2.05, 4.69) is 25.0 Å². The Morgan fingerprint density at radius 2 is 2.06 bits per heavy atom. The number of methoxy groups -OCH3 is 1. The van der Waals surface area contributed by atoms with E-state index in [0.29, 0.717) is 22.5 Å². The minimum absolute atomic E-state index is 0.0606. The lowest BCUT2D eigenvalue weighted by molar-refractivity contribution is 0.396. The maximum absolute atomic E-state index is 14.7. The minimum Gasteiger partial charge on any atom is -0.481 e. The van der Waals surface area contributed by atoms with E-state index in [0.717, 1.165) is 23.3 Å². The van der Waals surface area contributed by atoms with Gasteiger partial charge in [0.25, 0.3) is 0 Å². The van der Waals surface area contributed by atoms with Gasteiger partial charge in [-0.1, -0.05) is 49.1 Å². The van der Waals surface area contributed by atoms with Crippen molar-refractivity contribution >= 4 is 48.0 Å². The molecular formula is C25H29ClFN5OS. The number of hydrogen-bond donors (Lipinski definition) is 2. The maximum Gasteiger partial charge on any atom is 0.222 e. The molecule has 0 aliphatic heterocycles. The van der Waals surface area contributed by atoms with Crippen molar-refractivity contribution in [3.05, 3.63) is 64.6 Å². The number of aromatic nitrogens is 1. The molecule has 34 heavy (non-hydrogen) atoms. The van der Waals surface area contributed by atoms with Gasteiger partial charge < -0.3 is 14.8 Å². The third-order valence-corrected chi connectivity index (χ3v) is 6.49. The lowest BCUT2D eigenvalue weighted by Gasteiger charge is -2.16. The molecule has 1 aromatic carbocycles. The molecule has 1 aliphatic rings. The standard InChI is InChI=1S/C25H29ClFN5OS/c1-28-15-18(16-29-17-30-20-8-4-3-5-9-20)12-13-19-14-22(27)24(31-25(19)33-2)32-34-23-11-7-6-10-21(23)26/h6-7,10-17,20H,3-5,8-9H2,1-2H3,(H,29,30)(H,31,32)/b13-12+,18-16-,28-15?. The zero-order valence-electron chi connectivity index (χ0n) is 19.3. The van der Waals surface area contributed by atoms with Crippen LogP contribution in [-0.4, -0.2) is 37.7 Å². The van der Waals surface area contributed by atoms with Crippen molar-refractivity contribution < 1.29 is 9.13 Å². The molecule has 0 spiro atoms. The van der Waals surface area contributed by atoms with Gasteiger partial charge in [0.05, 0.1) is 24.5 Å². The first-order chi connectivity index (χ1) is 16.6. The number of benzene rings is 1. The van der Waals surface area contributed by atoms with Crippen LogP contribution in [0.25, 0.3) is 6.08 Å². The Labute approximate surface area is 209 Å². The molecule has 0 saturated heterocycles. The fraction of sp³-hybridized carbons (Fsp3) is 0.320. The van der Waals surface area contributed by atoms with Crippen LogP contribution in [0.15, 0.2) is 63.1 Å². The van der Waals surface area contributed by atoms with Gasteiger partial charge in [0, 0.05) is 35.5 Å². The van der Waals surface area contributed by atoms with Crippen LogP contribution in [0.4, 0.5) is 10.2 Å². The smallest absolute Gasteiger partial charge is 0.222 e. The van der Waals surface area contributed by atoms with Crippen molar-refractivity contribution in [1.29, 1.82) is 0 Å². The van der Waals surface area contributed by atoms with Gasteiger partial charge in [0.1, 0.15) is 0 Å². The molecule has 9 heteroatoms. The van der Waals surface area contributed by atoms with E-state index in [9.17, 15) is 4.39 Å². The van der Waals surface area contributed by atoms with E-state index in [-0.39, 0.29) is 5.82 Å². The number of pyridine rings is 1. The Bertz CT molecular complexity index is 1070. The highest BCUT2D eigenvalue weighted by molar-refractivity contribution is 8.00. The summed E-state index contributed by atoms with van der Waals surface area (Å²) < 4.78 is 23.0. The van der Waals surface area contributed by atoms with Crippen molar-refractivity contribution in [3.63, 3.8) is 0 Å². The molecule has 1 fully saturated rings. The number of anilines is 1. The summed E-state index contributed by atoms with van der Waals surface area (Å²) in [6.07, 6.45) is 14.8. The summed E-state index contributed by atoms with van der Waals surface area (Å²) in [5, 5.41) is 3.67. The van der Waals surface area contributed by atoms with Gasteiger partial charge in [-0.15, -0.1) is 0 Å². The highest BCUT2D eigenvalue weighted by atomic mass is 35.5. The summed E-state index contributed by atoms with van der Waals surface area (Å²) in [6, 6.07) is 9.07. The van der Waals surface area contributed by atoms with E-state index in [1.165, 1.54) is 44.4 Å². The molecule has 0 bridgehead atoms. The van der Waals surface area contributed by atoms with Gasteiger partial charge in [0.2, 0.25) is 5.88 Å². The van der Waals surface area contributed by atoms with Gasteiger partial charge in [-0.25, -0.2) is 4.39 Å². The molecule has 2 aromatic rings. The van der Waals surface area contributed by atoms with Crippen LogP contribution >= 0.6 is 23.5 Å². The predicted molar refractivity (Wildman–Crippen MR) is 142 cm³/mol. The topological polar surface area (TPSA) is 70.9 Å². The quantitative estimate of drug-likeness (QED) is 0.167. The first-order valence-corrected chi connectivity index (χ1v) is 12.3. The molecule has 0 radical (unpaired) electrons. The SMILES string of the molecule is CN=CC(=C\NC=NC1CCCCC1)/C=C/c1cc(F)c(NSc2ccccc2Cl)nc1OC. The highest BCUT2D eigenvalue weighted by Gasteiger charge is 2.12. The fourth-order valence-corrected chi connectivity index (χ4v) is 4.36. The normalized spacial score (nSPS) is 15.5. The summed E-state index contributed by atoms with van der Waals surface area (Å²) in [4.78, 5) is 13.7. The van der Waals surface area contributed by atoms with Crippen LogP contribution in [0, 0.1) is 5.82 Å². The molecule has 0 amide bonds. The number of ether oxygens (including phenoxy) is 1. The summed E-state index contributed by atoms with van der Waals surface area (Å²) in [5.41, 5.74) is 1.29. The number of nitrogens with zero attached hydrogens (tertiary/aromatic N) is 3. The van der Waals surface area contributed by atoms with E-state index in [1.807, 2.05) is 18.2 Å². The van der Waals surface area contributed by atoms with E-state index < -0.39 is 5.82 Å². The van der Waals surface area contributed by atoms with Crippen LogP contribution < -0.4 is 14.8 Å². The Morgan fingerprint density at radius 3 is 2.79 bits per heavy atom. The van der Waals surface area contributed by atoms with E-state index >= 15 is 0 Å². The molecule has 1 aromatic heterocycles. The summed E-state index contributed by atoms with van der Waals surface area (Å²) in [5.74, 6) is -0.155. The highest BCUT2D eigenvalue weighted by Crippen LogP contribution is 2.30. The largest absolute Gasteiger partial charge is 0.481 e. The molecule has 0 atom stereocenters. The average Bonchev–Trinajstić information content (AvgIpc) is 2.86. The van der Waals surface area contributed by atoms with Gasteiger partial charge in [0.15, 0.2) is 11.6 Å². The maximum atomic E-state index is 14.7. The molecule has 3 rings (SSSR count). The first kappa shape index (κ1) is 25.8. The van der Waals surface area contributed by atoms with Crippen LogP contribution in [0.1, 0.15) is 37.7 Å². The van der Waals surface area contributed by atoms with Crippen LogP contribution in [-0.2, 0) is 0 Å². The monoisotopic (exact) mass is 501 g/mol. The van der Waals surface area contributed by atoms with Gasteiger partial charge in [-0.2, -0.15) is 4.98 Å². The predicted octanol–water partition coefficient (Wildman–Crippen LogP) is 6.55. The van der Waals surface area contributed by atoms with Crippen molar-refractivity contribution in [3.8, 4) is 5.88 Å². The second-order valence-electron chi connectivity index (χ2n) is 7.65. The number of rotatable bonds is 10. The average molecular weight is 502 g/mol. The van der Waals surface area contributed by atoms with Crippen molar-refractivity contribution in [2.75, 3.05) is 18.9 Å². The van der Waals surface area contributed by atoms with Crippen LogP contribution in [0.5, 0.6) is 5.88 Å². The van der Waals surface area contributed by atoms with Crippen molar-refractivity contribution in [2.45, 2.75) is 43.0 Å². The summed E-state index contributed by atoms with van der Waals surface area (Å²) in [6.45, 7) is 0. The molecule has 6 nitrogen and oxygen atoms in total. The van der Waals surface area contributed by atoms with Crippen molar-refractivity contribution in [1.82, 2.24) is 10.3 Å². The number of allylic oxidation sites excluding steroid dienone is 2. The second-order valence-corrected chi connectivity index (χ2v) is 8.91. The first-order valence-electron chi connectivity index (χ1n) is 11.1. The van der Waals surface area contributed by atoms with Crippen molar-refractivity contribution in [2.24, 2.45) is 9.98 Å². The lowest BCUT2D eigenvalue weighted by Crippen LogP contribution is -2.12. The molecule has 1 saturated carbocycles. The number of nitrogens with one attached hydrogen (secondary N) is 2. The Morgan fingerprint density at radius 1 is 1.26 bits per heavy atom. The molecule has 2 N–H and O–H groups in total. The zero-order valence-corrected chi connectivity index (χ0v) is 20.9. The van der Waals surface area contributed by atoms with Gasteiger partial charge in [-0.3, -0.25) is 9.98 Å². The Kier molecular flexibility index (Phi) is 10.4. The summed E-state index contributed by atoms with van der Waals surface area (Å²) >= 11 is 7.34. The molecule has 1 heterocycles. The van der Waals surface area contributed by atoms with Crippen LogP contribution in [0.2, 0.25) is 5.02 Å². The summed E-state index contributed by atoms with van der Waals surface area (Å²) in [7, 11) is 3.19. The number of aliphatic imine (C=N–C) groups is 2. The third-order valence-electron chi connectivity index (χ3n) is 5.17. The number of halogens is 2. The Hall–Kier alpha value is -2.84. The van der Waals surface area contributed by atoms with E-state index in [4.69, 9.17) is 16.3 Å². The van der Waals surface area contributed by atoms with Gasteiger partial charge in [-0.05, 0) is 49.1 Å². The second kappa shape index (κ2) is 13.8. The zero-order chi connectivity index (χ0) is 24.2. The molecule has 180 valence electrons. The minimum atomic E-state index is -0.507. The number of hydrogen-bond acceptors (Lipinski definition) is 6. The van der Waals surface area contributed by atoms with E-state index in [1.54, 1.807) is 44.0 Å². The lowest BCUT2D eigenvalue weighted by atomic mass is 9.96.